The summed E-state index contributed by atoms with van der Waals surface area (Å²) < 4.78 is 219. The van der Waals surface area contributed by atoms with Crippen molar-refractivity contribution in [1.29, 1.82) is 0 Å². The van der Waals surface area contributed by atoms with Crippen LogP contribution in [0.5, 0.6) is 0 Å². The number of aromatic nitrogens is 4. The second kappa shape index (κ2) is 46.1. The van der Waals surface area contributed by atoms with E-state index in [-0.39, 0.29) is 77.2 Å². The van der Waals surface area contributed by atoms with Gasteiger partial charge < -0.3 is 126 Å². The molecule has 8 aromatic rings. The van der Waals surface area contributed by atoms with Gasteiger partial charge in [0.05, 0.1) is 64.5 Å². The van der Waals surface area contributed by atoms with Crippen molar-refractivity contribution in [2.45, 2.75) is 70.3 Å². The standard InChI is InChI=1S/C23H22N6O4.C21H22N6O6S2.C20H21N7O6S2.C20H20N6O7S2/c24-22(25)28-23(26)27-16-7-9-19(29-10-2-1-3-11-29)15(13-16)6-4-14-5-8-17(20(30)31)18(12-14)21(32)33;22-20(23)26-21(24)25-16-7-8-17(27-10-2-1-3-11-27)15(13-16)6-4-14-5-9-18(34(28,29)30)19(12-14)35(31,32)33;21-19(22)26-20(23)25-15-6-7-16(27-8-2-1-3-9-27)14(11-15)5-4-13-10-17(34(28,29)30)18(24-12-13)35(31,32)33;21-19(22)25-20(23)24-15-6-7-16(26-8-2-1-3-9-26)14(11-15)5-4-13-10-17(34(27,28)29)18(33-12-13)35(30,31)32/h1-3,5,7,9-11,13,17-18H,8,12H2,(H7-,24,25,26,27,28,30,31,32,33);1-3,5,7-8,10-11,13,18-19H,9,12H2,(H7-,22,23,24,25,26,28,29,30,31,32,33);1-3,6-9,11-12,17-18,24H,10H2,(H7-,21,22,23,25,26,28,29,30,31,32,33);1-3,6-9,11-12,17-18H,10H2,(H7-,21,22,23,24,25,27,28,29,30,31,32)/t17-,18+;18-,19+;2*17-,18-/m0011/s1. The van der Waals surface area contributed by atoms with Crippen molar-refractivity contribution >= 4 is 143 Å². The van der Waals surface area contributed by atoms with E-state index in [1.165, 1.54) is 6.08 Å². The van der Waals surface area contributed by atoms with Crippen LogP contribution in [-0.4, -0.2) is 169 Å². The molecule has 29 N–H and O–H groups in total. The Kier molecular flexibility index (Phi) is 35.2. The zero-order chi connectivity index (χ0) is 101. The molecule has 8 atom stereocenters. The summed E-state index contributed by atoms with van der Waals surface area (Å²) in [5.41, 5.74) is 70.4. The number of guanidine groups is 8. The number of hydrogen-bond acceptors (Lipinski definition) is 28. The molecule has 48 nitrogen and oxygen atoms in total. The Morgan fingerprint density at radius 1 is 0.341 bits per heavy atom. The number of rotatable bonds is 16. The first kappa shape index (κ1) is 105. The number of ether oxygens (including phenoxy) is 1. The molecule has 4 aliphatic rings. The normalized spacial score (nSPS) is 18.4. The highest BCUT2D eigenvalue weighted by atomic mass is 32.2. The minimum atomic E-state index is -5.22. The van der Waals surface area contributed by atoms with E-state index in [2.05, 4.69) is 92.6 Å². The van der Waals surface area contributed by atoms with Crippen LogP contribution in [0.25, 0.3) is 22.7 Å². The molecule has 54 heteroatoms. The Bertz CT molecular complexity index is 6900. The highest BCUT2D eigenvalue weighted by molar-refractivity contribution is 7.91. The molecule has 0 amide bonds. The number of nitrogens with zero attached hydrogens (tertiary/aromatic N) is 8. The summed E-state index contributed by atoms with van der Waals surface area (Å²) >= 11 is 0. The van der Waals surface area contributed by atoms with Crippen LogP contribution >= 0.6 is 0 Å². The van der Waals surface area contributed by atoms with Crippen molar-refractivity contribution in [3.05, 3.63) is 264 Å². The number of benzene rings is 4. The number of aliphatic carboxylic acids is 2. The molecule has 4 aromatic carbocycles. The average molecular weight is 2010 g/mol. The van der Waals surface area contributed by atoms with Crippen molar-refractivity contribution in [2.75, 3.05) is 0 Å². The summed E-state index contributed by atoms with van der Waals surface area (Å²) in [6.45, 7) is 0. The molecule has 12 rings (SSSR count). The first-order valence-corrected chi connectivity index (χ1v) is 48.4. The molecular weight excluding hydrogens is 1920 g/mol. The third kappa shape index (κ3) is 31.4. The van der Waals surface area contributed by atoms with E-state index in [0.717, 1.165) is 18.1 Å². The van der Waals surface area contributed by atoms with Gasteiger partial charge in [0.25, 0.3) is 23.8 Å². The van der Waals surface area contributed by atoms with E-state index in [0.29, 0.717) is 67.6 Å². The predicted octanol–water partition coefficient (Wildman–Crippen LogP) is -13.8. The van der Waals surface area contributed by atoms with Crippen LogP contribution in [0.2, 0.25) is 0 Å². The second-order valence-electron chi connectivity index (χ2n) is 29.4. The highest BCUT2D eigenvalue weighted by Gasteiger charge is 2.39. The summed E-state index contributed by atoms with van der Waals surface area (Å²) in [6.07, 6.45) is 17.1. The molecule has 6 heterocycles. The Morgan fingerprint density at radius 2 is 0.630 bits per heavy atom. The first-order valence-electron chi connectivity index (χ1n) is 39.5. The monoisotopic (exact) mass is 2000 g/mol. The Hall–Kier alpha value is -16.4. The third-order valence-electron chi connectivity index (χ3n) is 19.3. The van der Waals surface area contributed by atoms with Gasteiger partial charge in [-0.2, -0.15) is 18.3 Å². The van der Waals surface area contributed by atoms with Gasteiger partial charge in [-0.3, -0.25) is 0 Å². The lowest BCUT2D eigenvalue weighted by Gasteiger charge is -2.34. The number of aliphatic imine (C=N–C) groups is 4. The largest absolute Gasteiger partial charge is 0.748 e. The van der Waals surface area contributed by atoms with Crippen LogP contribution in [0.4, 0.5) is 22.7 Å². The number of carbonyl (C=O) groups is 2. The lowest BCUT2D eigenvalue weighted by atomic mass is 9.79. The minimum Gasteiger partial charge on any atom is -0.748 e. The van der Waals surface area contributed by atoms with Gasteiger partial charge in [-0.15, -0.1) is 20.0 Å². The molecule has 0 unspecified atom stereocenters. The molecule has 0 radical (unpaired) electrons. The van der Waals surface area contributed by atoms with Crippen molar-refractivity contribution in [3.63, 3.8) is 0 Å². The summed E-state index contributed by atoms with van der Waals surface area (Å²) in [5, 5.41) is 14.8. The van der Waals surface area contributed by atoms with Gasteiger partial charge in [-0.05, 0) is 85.4 Å². The molecule has 0 saturated carbocycles. The first-order chi connectivity index (χ1) is 64.8. The molecule has 4 aromatic heterocycles. The maximum Gasteiger partial charge on any atom is 0.316 e. The molecule has 720 valence electrons. The number of nitrogens with two attached hydrogens (primary N) is 12. The molecule has 0 bridgehead atoms. The number of carboxylic acid groups (broad SMARTS) is 2. The van der Waals surface area contributed by atoms with Crippen LogP contribution in [0, 0.1) is 59.2 Å². The minimum absolute atomic E-state index is 0.000994. The number of hydrogen-bond donors (Lipinski definition) is 17. The Morgan fingerprint density at radius 3 is 0.928 bits per heavy atom. The third-order valence-corrected chi connectivity index (χ3v) is 26.8. The van der Waals surface area contributed by atoms with E-state index in [4.69, 9.17) is 73.5 Å². The number of nitrogens with one attached hydrogen (secondary N) is 5. The summed E-state index contributed by atoms with van der Waals surface area (Å²) in [7, 11) is -30.7. The molecule has 0 spiro atoms. The van der Waals surface area contributed by atoms with Gasteiger partial charge in [0.15, 0.2) is 49.6 Å². The zero-order valence-electron chi connectivity index (χ0n) is 71.5. The topological polar surface area (TPSA) is 878 Å². The van der Waals surface area contributed by atoms with Crippen LogP contribution in [0.15, 0.2) is 262 Å². The Balaban J connectivity index is 0.000000206. The predicted molar refractivity (Wildman–Crippen MR) is 484 cm³/mol. The lowest BCUT2D eigenvalue weighted by Crippen LogP contribution is -2.84. The van der Waals surface area contributed by atoms with Crippen molar-refractivity contribution < 1.29 is 141 Å². The quantitative estimate of drug-likeness (QED) is 0.0140. The maximum absolute atomic E-state index is 11.6. The molecule has 2 aliphatic carbocycles. The van der Waals surface area contributed by atoms with Crippen LogP contribution in [0.3, 0.4) is 0 Å². The molecule has 0 saturated heterocycles. The van der Waals surface area contributed by atoms with Gasteiger partial charge >= 0.3 is 23.8 Å². The summed E-state index contributed by atoms with van der Waals surface area (Å²) in [6, 6.07) is 42.0. The zero-order valence-corrected chi connectivity index (χ0v) is 76.4. The van der Waals surface area contributed by atoms with Gasteiger partial charge in [0.2, 0.25) is 28.2 Å². The fourth-order valence-electron chi connectivity index (χ4n) is 13.3. The van der Waals surface area contributed by atoms with Crippen molar-refractivity contribution in [2.24, 2.45) is 101 Å². The van der Waals surface area contributed by atoms with Gasteiger partial charge in [-0.25, -0.2) is 70.5 Å². The molecule has 2 aliphatic heterocycles. The van der Waals surface area contributed by atoms with E-state index in [9.17, 15) is 97.6 Å². The van der Waals surface area contributed by atoms with Crippen LogP contribution in [-0.2, 0) is 75.0 Å². The van der Waals surface area contributed by atoms with Crippen LogP contribution in [0.1, 0.15) is 60.8 Å². The molecule has 138 heavy (non-hydrogen) atoms. The van der Waals surface area contributed by atoms with E-state index >= 15 is 0 Å². The smallest absolute Gasteiger partial charge is 0.316 e. The van der Waals surface area contributed by atoms with E-state index < -0.39 is 142 Å². The van der Waals surface area contributed by atoms with E-state index in [1.807, 2.05) is 65.5 Å². The molecular formula is C84H85N25O23S6. The second-order valence-corrected chi connectivity index (χ2v) is 38.7. The number of carbonyl (C=O) groups excluding carboxylic acids is 2. The SMILES string of the molecule is NC(=Nc1ccc(-[n+]2ccccc2)c(C#CC2=CC[C@H](C(=O)[O-])[C@H](C(=O)[O-])C2)c1)[NH+]=C(N)N.NC(=Nc1ccc(-[n+]2ccccc2)c(C#CC2=CC[C@H](S(=O)(=O)[O-])[C@H](S(=O)(=O)[O-])C2)c1)[NH+]=C(N)N.NC(=Nc1ccc(-[n+]2ccccc2)c(C#CC2=CN[C@H](S(=O)(=O)[O-])[C@H](S(=O)(=O)[O-])C2)c1)[NH+]=C(N)N.NC(=Nc1ccc(-[n+]2ccccc2)c(C#CC2=CO[C@H](S(=O)(=O)[O-])[C@H](S(=O)(=O)[O-])C2)c1)[NH+]=C(N)N. The van der Waals surface area contributed by atoms with Crippen LogP contribution < -0.4 is 123 Å². The number of pyridine rings is 4. The number of carboxylic acids is 2. The van der Waals surface area contributed by atoms with Gasteiger partial charge in [0, 0.05) is 127 Å². The Labute approximate surface area is 789 Å². The van der Waals surface area contributed by atoms with Crippen molar-refractivity contribution in [3.8, 4) is 70.1 Å². The number of allylic oxidation sites excluding steroid dienone is 6. The maximum atomic E-state index is 11.6. The van der Waals surface area contributed by atoms with Gasteiger partial charge in [0.1, 0.15) is 73.8 Å². The van der Waals surface area contributed by atoms with Crippen molar-refractivity contribution in [1.82, 2.24) is 5.32 Å². The van der Waals surface area contributed by atoms with Gasteiger partial charge in [-0.1, -0.05) is 83.8 Å². The summed E-state index contributed by atoms with van der Waals surface area (Å²) in [5.74, 6) is 16.8. The lowest BCUT2D eigenvalue weighted by molar-refractivity contribution is -0.596. The highest BCUT2D eigenvalue weighted by Crippen LogP contribution is 2.33. The average Bonchev–Trinajstić information content (AvgIpc) is 0.790. The summed E-state index contributed by atoms with van der Waals surface area (Å²) in [4.78, 5) is 49.2. The fourth-order valence-corrected chi connectivity index (χ4v) is 20.2. The molecule has 0 fully saturated rings. The fraction of sp³-hybridized carbons (Fsp3) is 0.167. The van der Waals surface area contributed by atoms with E-state index in [1.54, 1.807) is 154 Å².